The Morgan fingerprint density at radius 2 is 2.04 bits per heavy atom. The Hall–Kier alpha value is -2.60. The lowest BCUT2D eigenvalue weighted by molar-refractivity contribution is 0.0938. The molecule has 1 aliphatic rings. The minimum absolute atomic E-state index is 0.0784. The fourth-order valence-electron chi connectivity index (χ4n) is 3.14. The van der Waals surface area contributed by atoms with Gasteiger partial charge >= 0.3 is 0 Å². The number of nitrogens with one attached hydrogen (secondary N) is 1. The summed E-state index contributed by atoms with van der Waals surface area (Å²) in [5, 5.41) is 3.29. The van der Waals surface area contributed by atoms with Gasteiger partial charge in [0.15, 0.2) is 5.43 Å². The number of fused-ring (bicyclic) bond motifs is 2. The van der Waals surface area contributed by atoms with Crippen LogP contribution in [-0.2, 0) is 0 Å². The summed E-state index contributed by atoms with van der Waals surface area (Å²) in [6.45, 7) is 2.64. The molecule has 5 nitrogen and oxygen atoms in total. The fourth-order valence-corrected chi connectivity index (χ4v) is 3.50. The van der Waals surface area contributed by atoms with Crippen molar-refractivity contribution in [2.24, 2.45) is 0 Å². The third-order valence-corrected chi connectivity index (χ3v) is 4.82. The molecule has 0 bridgehead atoms. The normalized spacial score (nSPS) is 15.8. The van der Waals surface area contributed by atoms with Crippen molar-refractivity contribution in [3.63, 3.8) is 0 Å². The second-order valence-corrected chi connectivity index (χ2v) is 7.06. The van der Waals surface area contributed by atoms with Crippen molar-refractivity contribution in [3.05, 3.63) is 74.0 Å². The molecule has 1 atom stereocenters. The molecule has 1 unspecified atom stereocenters. The lowest BCUT2D eigenvalue weighted by Gasteiger charge is -2.13. The zero-order valence-corrected chi connectivity index (χ0v) is 15.6. The monoisotopic (exact) mass is 413 g/mol. The Bertz CT molecular complexity index is 1070. The van der Waals surface area contributed by atoms with E-state index in [1.807, 2.05) is 31.2 Å². The molecule has 1 N–H and O–H groups in total. The molecule has 0 saturated heterocycles. The first-order valence-electron chi connectivity index (χ1n) is 8.38. The molecule has 0 spiro atoms. The average molecular weight is 414 g/mol. The number of carbonyl (C=O) groups is 1. The lowest BCUT2D eigenvalue weighted by atomic mass is 9.99. The van der Waals surface area contributed by atoms with Gasteiger partial charge in [0.1, 0.15) is 11.3 Å². The van der Waals surface area contributed by atoms with Crippen molar-refractivity contribution in [1.82, 2.24) is 5.32 Å². The quantitative estimate of drug-likeness (QED) is 0.696. The van der Waals surface area contributed by atoms with E-state index in [4.69, 9.17) is 9.15 Å². The number of amides is 1. The molecule has 1 amide bonds. The second-order valence-electron chi connectivity index (χ2n) is 6.14. The summed E-state index contributed by atoms with van der Waals surface area (Å²) in [6.07, 6.45) is 0.900. The van der Waals surface area contributed by atoms with E-state index in [-0.39, 0.29) is 17.1 Å². The van der Waals surface area contributed by atoms with Crippen molar-refractivity contribution in [2.45, 2.75) is 19.4 Å². The van der Waals surface area contributed by atoms with Crippen molar-refractivity contribution >= 4 is 32.8 Å². The van der Waals surface area contributed by atoms with Crippen LogP contribution in [0.2, 0.25) is 0 Å². The van der Waals surface area contributed by atoms with Gasteiger partial charge in [-0.2, -0.15) is 0 Å². The van der Waals surface area contributed by atoms with Crippen LogP contribution in [0.4, 0.5) is 0 Å². The number of carbonyl (C=O) groups excluding carboxylic acids is 1. The van der Waals surface area contributed by atoms with Gasteiger partial charge in [0.2, 0.25) is 5.76 Å². The minimum Gasteiger partial charge on any atom is -0.494 e. The molecular formula is C20H16BrNO4. The van der Waals surface area contributed by atoms with E-state index in [0.717, 1.165) is 16.5 Å². The molecular weight excluding hydrogens is 398 g/mol. The lowest BCUT2D eigenvalue weighted by Crippen LogP contribution is -2.22. The fraction of sp³-hybridized carbons (Fsp3) is 0.200. The summed E-state index contributed by atoms with van der Waals surface area (Å²) in [5.41, 5.74) is 1.32. The summed E-state index contributed by atoms with van der Waals surface area (Å²) in [5.74, 6) is 0.404. The standard InChI is InChI=1S/C20H16BrNO4/c1-2-8-25-13-5-3-4-11(9-13)17-16-18(23)14-10-12(21)6-7-15(14)26-19(16)20(24)22-17/h3-7,9-10,17H,2,8H2,1H3,(H,22,24). The zero-order valence-electron chi connectivity index (χ0n) is 14.0. The van der Waals surface area contributed by atoms with Gasteiger partial charge in [-0.3, -0.25) is 9.59 Å². The van der Waals surface area contributed by atoms with Crippen LogP contribution >= 0.6 is 15.9 Å². The minimum atomic E-state index is -0.553. The van der Waals surface area contributed by atoms with Crippen LogP contribution in [0.5, 0.6) is 5.75 Å². The molecule has 6 heteroatoms. The van der Waals surface area contributed by atoms with E-state index in [9.17, 15) is 9.59 Å². The first-order chi connectivity index (χ1) is 12.6. The van der Waals surface area contributed by atoms with Gasteiger partial charge in [-0.1, -0.05) is 35.0 Å². The number of rotatable bonds is 4. The number of hydrogen-bond donors (Lipinski definition) is 1. The molecule has 2 aromatic carbocycles. The summed E-state index contributed by atoms with van der Waals surface area (Å²) in [7, 11) is 0. The van der Waals surface area contributed by atoms with E-state index in [0.29, 0.717) is 28.9 Å². The highest BCUT2D eigenvalue weighted by Crippen LogP contribution is 2.32. The van der Waals surface area contributed by atoms with Gasteiger partial charge in [-0.25, -0.2) is 0 Å². The van der Waals surface area contributed by atoms with Gasteiger partial charge in [-0.05, 0) is 42.3 Å². The topological polar surface area (TPSA) is 68.5 Å². The van der Waals surface area contributed by atoms with Crippen LogP contribution in [0.15, 0.2) is 56.1 Å². The van der Waals surface area contributed by atoms with E-state index in [2.05, 4.69) is 21.2 Å². The molecule has 4 rings (SSSR count). The van der Waals surface area contributed by atoms with Crippen LogP contribution in [0.3, 0.4) is 0 Å². The van der Waals surface area contributed by atoms with Crippen LogP contribution in [0.1, 0.15) is 41.1 Å². The molecule has 0 fully saturated rings. The highest BCUT2D eigenvalue weighted by Gasteiger charge is 2.36. The van der Waals surface area contributed by atoms with Gasteiger partial charge in [-0.15, -0.1) is 0 Å². The molecule has 3 aromatic rings. The molecule has 132 valence electrons. The highest BCUT2D eigenvalue weighted by molar-refractivity contribution is 9.10. The molecule has 26 heavy (non-hydrogen) atoms. The van der Waals surface area contributed by atoms with Crippen LogP contribution in [0, 0.1) is 0 Å². The number of hydrogen-bond acceptors (Lipinski definition) is 4. The number of ether oxygens (including phenoxy) is 1. The summed E-state index contributed by atoms with van der Waals surface area (Å²) in [6, 6.07) is 12.0. The van der Waals surface area contributed by atoms with Crippen molar-refractivity contribution in [2.75, 3.05) is 6.61 Å². The maximum atomic E-state index is 13.1. The van der Waals surface area contributed by atoms with Crippen molar-refractivity contribution < 1.29 is 13.9 Å². The molecule has 1 aliphatic heterocycles. The highest BCUT2D eigenvalue weighted by atomic mass is 79.9. The largest absolute Gasteiger partial charge is 0.494 e. The Balaban J connectivity index is 1.86. The second kappa shape index (κ2) is 6.61. The Labute approximate surface area is 158 Å². The zero-order chi connectivity index (χ0) is 18.3. The van der Waals surface area contributed by atoms with E-state index in [1.54, 1.807) is 18.2 Å². The first kappa shape index (κ1) is 16.8. The Kier molecular flexibility index (Phi) is 4.28. The molecule has 1 aromatic heterocycles. The van der Waals surface area contributed by atoms with Crippen molar-refractivity contribution in [3.8, 4) is 5.75 Å². The van der Waals surface area contributed by atoms with Gasteiger partial charge in [0, 0.05) is 4.47 Å². The van der Waals surface area contributed by atoms with Crippen LogP contribution < -0.4 is 15.5 Å². The maximum absolute atomic E-state index is 13.1. The van der Waals surface area contributed by atoms with Crippen LogP contribution in [-0.4, -0.2) is 12.5 Å². The molecule has 0 radical (unpaired) electrons. The average Bonchev–Trinajstić information content (AvgIpc) is 2.98. The number of halogens is 1. The third kappa shape index (κ3) is 2.80. The first-order valence-corrected chi connectivity index (χ1v) is 9.17. The number of benzene rings is 2. The van der Waals surface area contributed by atoms with Gasteiger partial charge in [0.25, 0.3) is 5.91 Å². The predicted molar refractivity (Wildman–Crippen MR) is 102 cm³/mol. The molecule has 0 saturated carbocycles. The molecule has 2 heterocycles. The van der Waals surface area contributed by atoms with E-state index >= 15 is 0 Å². The summed E-state index contributed by atoms with van der Waals surface area (Å²) < 4.78 is 12.2. The smallest absolute Gasteiger partial charge is 0.288 e. The maximum Gasteiger partial charge on any atom is 0.288 e. The van der Waals surface area contributed by atoms with E-state index in [1.165, 1.54) is 0 Å². The van der Waals surface area contributed by atoms with Gasteiger partial charge < -0.3 is 14.5 Å². The summed E-state index contributed by atoms with van der Waals surface area (Å²) in [4.78, 5) is 25.4. The van der Waals surface area contributed by atoms with Gasteiger partial charge in [0.05, 0.1) is 23.6 Å². The Morgan fingerprint density at radius 3 is 2.85 bits per heavy atom. The predicted octanol–water partition coefficient (Wildman–Crippen LogP) is 4.18. The Morgan fingerprint density at radius 1 is 1.19 bits per heavy atom. The van der Waals surface area contributed by atoms with E-state index < -0.39 is 6.04 Å². The third-order valence-electron chi connectivity index (χ3n) is 4.32. The van der Waals surface area contributed by atoms with Crippen molar-refractivity contribution in [1.29, 1.82) is 0 Å². The summed E-state index contributed by atoms with van der Waals surface area (Å²) >= 11 is 3.37. The molecule has 0 aliphatic carbocycles. The van der Waals surface area contributed by atoms with Crippen LogP contribution in [0.25, 0.3) is 11.0 Å². The SMILES string of the molecule is CCCOc1cccc(C2NC(=O)c3oc4ccc(Br)cc4c(=O)c32)c1.